The smallest absolute Gasteiger partial charge is 0.321 e. The number of carbonyl (C=O) groups excluding carboxylic acids is 2. The van der Waals surface area contributed by atoms with Gasteiger partial charge in [0.25, 0.3) is 0 Å². The van der Waals surface area contributed by atoms with Gasteiger partial charge in [0.2, 0.25) is 5.91 Å². The van der Waals surface area contributed by atoms with Gasteiger partial charge in [-0.05, 0) is 17.7 Å². The van der Waals surface area contributed by atoms with Crippen LogP contribution in [0.1, 0.15) is 5.56 Å². The van der Waals surface area contributed by atoms with Crippen LogP contribution >= 0.6 is 0 Å². The molecule has 3 rings (SSSR count). The minimum absolute atomic E-state index is 0.0388. The lowest BCUT2D eigenvalue weighted by Crippen LogP contribution is -2.30. The Morgan fingerprint density at radius 1 is 1.32 bits per heavy atom. The van der Waals surface area contributed by atoms with Crippen molar-refractivity contribution in [1.29, 1.82) is 0 Å². The fraction of sp³-hybridized carbons (Fsp3) is 0.312. The summed E-state index contributed by atoms with van der Waals surface area (Å²) in [7, 11) is 1.68. The van der Waals surface area contributed by atoms with Gasteiger partial charge >= 0.3 is 6.03 Å². The number of rotatable bonds is 5. The van der Waals surface area contributed by atoms with Crippen LogP contribution < -0.4 is 20.5 Å². The van der Waals surface area contributed by atoms with Crippen LogP contribution in [0.4, 0.5) is 10.5 Å². The molecular formula is C16H19N5O4. The molecular weight excluding hydrogens is 326 g/mol. The SMILES string of the molecule is CN(Cc1ccc2c(c1)OCCO2)C(=O)Nc1cnn(CC(N)=O)c1. The van der Waals surface area contributed by atoms with E-state index in [1.807, 2.05) is 18.2 Å². The number of urea groups is 1. The Balaban J connectivity index is 1.59. The van der Waals surface area contributed by atoms with Crippen molar-refractivity contribution in [3.63, 3.8) is 0 Å². The van der Waals surface area contributed by atoms with Crippen molar-refractivity contribution in [3.05, 3.63) is 36.2 Å². The maximum atomic E-state index is 12.3. The molecule has 2 aromatic rings. The number of hydrogen-bond acceptors (Lipinski definition) is 5. The predicted molar refractivity (Wildman–Crippen MR) is 89.3 cm³/mol. The van der Waals surface area contributed by atoms with Crippen LogP contribution in [0.5, 0.6) is 11.5 Å². The molecule has 3 amide bonds. The van der Waals surface area contributed by atoms with Gasteiger partial charge in [0.15, 0.2) is 11.5 Å². The first-order chi connectivity index (χ1) is 12.0. The summed E-state index contributed by atoms with van der Waals surface area (Å²) in [5.41, 5.74) is 6.51. The second-order valence-electron chi connectivity index (χ2n) is 5.66. The summed E-state index contributed by atoms with van der Waals surface area (Å²) in [6.07, 6.45) is 3.00. The van der Waals surface area contributed by atoms with Crippen molar-refractivity contribution < 1.29 is 19.1 Å². The Labute approximate surface area is 144 Å². The lowest BCUT2D eigenvalue weighted by Gasteiger charge is -2.21. The van der Waals surface area contributed by atoms with E-state index in [1.54, 1.807) is 13.2 Å². The topological polar surface area (TPSA) is 112 Å². The van der Waals surface area contributed by atoms with E-state index in [1.165, 1.54) is 15.8 Å². The van der Waals surface area contributed by atoms with Gasteiger partial charge in [0.05, 0.1) is 11.9 Å². The van der Waals surface area contributed by atoms with Crippen LogP contribution in [0.2, 0.25) is 0 Å². The Bertz CT molecular complexity index is 789. The molecule has 0 atom stereocenters. The maximum absolute atomic E-state index is 12.3. The van der Waals surface area contributed by atoms with Crippen LogP contribution in [0.25, 0.3) is 0 Å². The zero-order valence-electron chi connectivity index (χ0n) is 13.8. The molecule has 9 heteroatoms. The van der Waals surface area contributed by atoms with E-state index in [9.17, 15) is 9.59 Å². The average Bonchev–Trinajstić information content (AvgIpc) is 3.00. The van der Waals surface area contributed by atoms with Crippen molar-refractivity contribution in [2.45, 2.75) is 13.1 Å². The maximum Gasteiger partial charge on any atom is 0.321 e. The van der Waals surface area contributed by atoms with Gasteiger partial charge in [-0.25, -0.2) is 4.79 Å². The number of carbonyl (C=O) groups is 2. The van der Waals surface area contributed by atoms with E-state index in [-0.39, 0.29) is 12.6 Å². The lowest BCUT2D eigenvalue weighted by atomic mass is 10.2. The number of ether oxygens (including phenoxy) is 2. The number of benzene rings is 1. The van der Waals surface area contributed by atoms with Crippen LogP contribution in [0, 0.1) is 0 Å². The number of nitrogens with two attached hydrogens (primary N) is 1. The molecule has 0 spiro atoms. The van der Waals surface area contributed by atoms with Crippen molar-refractivity contribution in [1.82, 2.24) is 14.7 Å². The van der Waals surface area contributed by atoms with Crippen LogP contribution in [0.3, 0.4) is 0 Å². The quantitative estimate of drug-likeness (QED) is 0.833. The number of fused-ring (bicyclic) bond motifs is 1. The van der Waals surface area contributed by atoms with E-state index in [2.05, 4.69) is 10.4 Å². The molecule has 9 nitrogen and oxygen atoms in total. The summed E-state index contributed by atoms with van der Waals surface area (Å²) < 4.78 is 12.4. The Kier molecular flexibility index (Phi) is 4.73. The molecule has 0 saturated heterocycles. The van der Waals surface area contributed by atoms with Crippen LogP contribution in [-0.4, -0.2) is 46.9 Å². The fourth-order valence-electron chi connectivity index (χ4n) is 2.42. The molecule has 1 aromatic carbocycles. The largest absolute Gasteiger partial charge is 0.486 e. The van der Waals surface area contributed by atoms with Crippen molar-refractivity contribution in [2.24, 2.45) is 5.73 Å². The molecule has 2 heterocycles. The Hall–Kier alpha value is -3.23. The summed E-state index contributed by atoms with van der Waals surface area (Å²) in [4.78, 5) is 24.7. The van der Waals surface area contributed by atoms with Crippen LogP contribution in [-0.2, 0) is 17.9 Å². The Morgan fingerprint density at radius 2 is 2.08 bits per heavy atom. The molecule has 0 bridgehead atoms. The number of anilines is 1. The molecule has 1 aliphatic heterocycles. The van der Waals surface area contributed by atoms with Gasteiger partial charge < -0.3 is 25.4 Å². The van der Waals surface area contributed by atoms with Gasteiger partial charge in [0.1, 0.15) is 19.8 Å². The highest BCUT2D eigenvalue weighted by Crippen LogP contribution is 2.31. The number of aromatic nitrogens is 2. The summed E-state index contributed by atoms with van der Waals surface area (Å²) in [5, 5.41) is 6.67. The van der Waals surface area contributed by atoms with E-state index in [0.717, 1.165) is 5.56 Å². The monoisotopic (exact) mass is 345 g/mol. The summed E-state index contributed by atoms with van der Waals surface area (Å²) in [5.74, 6) is 0.894. The molecule has 0 saturated carbocycles. The second-order valence-corrected chi connectivity index (χ2v) is 5.66. The van der Waals surface area contributed by atoms with E-state index in [0.29, 0.717) is 36.9 Å². The van der Waals surface area contributed by atoms with E-state index >= 15 is 0 Å². The zero-order chi connectivity index (χ0) is 17.8. The van der Waals surface area contributed by atoms with Crippen molar-refractivity contribution in [3.8, 4) is 11.5 Å². The minimum atomic E-state index is -0.503. The molecule has 0 radical (unpaired) electrons. The molecule has 1 aliphatic rings. The number of nitrogens with zero attached hydrogens (tertiary/aromatic N) is 3. The molecule has 0 fully saturated rings. The average molecular weight is 345 g/mol. The number of nitrogens with one attached hydrogen (secondary N) is 1. The first-order valence-corrected chi connectivity index (χ1v) is 7.72. The van der Waals surface area contributed by atoms with Crippen LogP contribution in [0.15, 0.2) is 30.6 Å². The van der Waals surface area contributed by atoms with E-state index < -0.39 is 5.91 Å². The van der Waals surface area contributed by atoms with Crippen molar-refractivity contribution in [2.75, 3.05) is 25.6 Å². The summed E-state index contributed by atoms with van der Waals surface area (Å²) >= 11 is 0. The predicted octanol–water partition coefficient (Wildman–Crippen LogP) is 0.803. The molecule has 0 aliphatic carbocycles. The number of primary amides is 1. The third kappa shape index (κ3) is 4.19. The third-order valence-electron chi connectivity index (χ3n) is 3.58. The van der Waals surface area contributed by atoms with Gasteiger partial charge in [-0.2, -0.15) is 5.10 Å². The van der Waals surface area contributed by atoms with Gasteiger partial charge in [0, 0.05) is 19.8 Å². The molecule has 0 unspecified atom stereocenters. The highest BCUT2D eigenvalue weighted by atomic mass is 16.6. The normalized spacial score (nSPS) is 12.5. The first-order valence-electron chi connectivity index (χ1n) is 7.72. The number of hydrogen-bond donors (Lipinski definition) is 2. The zero-order valence-corrected chi connectivity index (χ0v) is 13.8. The Morgan fingerprint density at radius 3 is 2.84 bits per heavy atom. The fourth-order valence-corrected chi connectivity index (χ4v) is 2.42. The van der Waals surface area contributed by atoms with E-state index in [4.69, 9.17) is 15.2 Å². The molecule has 1 aromatic heterocycles. The molecule has 132 valence electrons. The standard InChI is InChI=1S/C16H19N5O4/c1-20(8-11-2-3-13-14(6-11)25-5-4-24-13)16(23)19-12-7-18-21(9-12)10-15(17)22/h2-3,6-7,9H,4-5,8,10H2,1H3,(H2,17,22)(H,19,23). The van der Waals surface area contributed by atoms with Gasteiger partial charge in [-0.15, -0.1) is 0 Å². The number of amides is 3. The molecule has 3 N–H and O–H groups in total. The highest BCUT2D eigenvalue weighted by Gasteiger charge is 2.15. The van der Waals surface area contributed by atoms with Gasteiger partial charge in [-0.3, -0.25) is 9.48 Å². The summed E-state index contributed by atoms with van der Waals surface area (Å²) in [6, 6.07) is 5.29. The minimum Gasteiger partial charge on any atom is -0.486 e. The van der Waals surface area contributed by atoms with Crippen molar-refractivity contribution >= 4 is 17.6 Å². The summed E-state index contributed by atoms with van der Waals surface area (Å²) in [6.45, 7) is 1.42. The third-order valence-corrected chi connectivity index (χ3v) is 3.58. The highest BCUT2D eigenvalue weighted by molar-refractivity contribution is 5.88. The second kappa shape index (κ2) is 7.12. The molecule has 25 heavy (non-hydrogen) atoms. The lowest BCUT2D eigenvalue weighted by molar-refractivity contribution is -0.118. The first kappa shape index (κ1) is 16.6. The van der Waals surface area contributed by atoms with Gasteiger partial charge in [-0.1, -0.05) is 6.07 Å².